The molecule has 2 aromatic rings. The van der Waals surface area contributed by atoms with Gasteiger partial charge in [-0.05, 0) is 22.7 Å². The predicted molar refractivity (Wildman–Crippen MR) is 68.9 cm³/mol. The average Bonchev–Trinajstić information content (AvgIpc) is 2.90. The molecule has 0 saturated heterocycles. The normalized spacial score (nSPS) is 10.1. The molecule has 0 radical (unpaired) electrons. The van der Waals surface area contributed by atoms with Gasteiger partial charge in [0.25, 0.3) is 5.91 Å². The minimum absolute atomic E-state index is 0.0652. The van der Waals surface area contributed by atoms with Gasteiger partial charge < -0.3 is 10.4 Å². The maximum atomic E-state index is 11.7. The minimum atomic E-state index is -0.900. The molecule has 1 heterocycles. The van der Waals surface area contributed by atoms with E-state index in [-0.39, 0.29) is 24.6 Å². The van der Waals surface area contributed by atoms with Crippen molar-refractivity contribution in [3.05, 3.63) is 46.5 Å². The summed E-state index contributed by atoms with van der Waals surface area (Å²) in [7, 11) is 0. The maximum absolute atomic E-state index is 11.7. The Kier molecular flexibility index (Phi) is 4.19. The van der Waals surface area contributed by atoms with E-state index in [0.717, 1.165) is 17.1 Å². The molecule has 0 spiro atoms. The fourth-order valence-corrected chi connectivity index (χ4v) is 2.03. The zero-order chi connectivity index (χ0) is 13.7. The van der Waals surface area contributed by atoms with Gasteiger partial charge in [-0.15, -0.1) is 5.10 Å². The Morgan fingerprint density at radius 3 is 2.63 bits per heavy atom. The van der Waals surface area contributed by atoms with Crippen molar-refractivity contribution in [3.8, 4) is 0 Å². The number of nitrogens with one attached hydrogen (secondary N) is 1. The third-order valence-electron chi connectivity index (χ3n) is 2.49. The number of carbonyl (C=O) groups is 2. The molecule has 2 rings (SSSR count). The van der Waals surface area contributed by atoms with Crippen LogP contribution in [0.3, 0.4) is 0 Å². The second-order valence-corrected chi connectivity index (χ2v) is 4.42. The van der Waals surface area contributed by atoms with Crippen molar-refractivity contribution in [1.29, 1.82) is 0 Å². The summed E-state index contributed by atoms with van der Waals surface area (Å²) in [4.78, 5) is 22.4. The lowest BCUT2D eigenvalue weighted by Crippen LogP contribution is -2.24. The number of carboxylic acid groups (broad SMARTS) is 1. The fourth-order valence-electron chi connectivity index (χ4n) is 1.59. The van der Waals surface area contributed by atoms with Gasteiger partial charge in [0.05, 0.1) is 6.42 Å². The molecule has 6 nitrogen and oxygen atoms in total. The van der Waals surface area contributed by atoms with Crippen molar-refractivity contribution >= 4 is 23.4 Å². The number of hydrogen-bond donors (Lipinski definition) is 2. The van der Waals surface area contributed by atoms with Gasteiger partial charge in [-0.25, -0.2) is 0 Å². The number of carboxylic acids is 1. The molecular weight excluding hydrogens is 266 g/mol. The molecule has 0 atom stereocenters. The highest BCUT2D eigenvalue weighted by Crippen LogP contribution is 2.10. The molecule has 19 heavy (non-hydrogen) atoms. The standard InChI is InChI=1S/C12H11N3O3S/c16-11(17)5-8-3-1-2-4-9(8)6-13-12(18)10-7-19-15-14-10/h1-4,7H,5-6H2,(H,13,18)(H,16,17). The van der Waals surface area contributed by atoms with Gasteiger partial charge in [-0.3, -0.25) is 9.59 Å². The fraction of sp³-hybridized carbons (Fsp3) is 0.167. The van der Waals surface area contributed by atoms with Crippen LogP contribution in [0.25, 0.3) is 0 Å². The second kappa shape index (κ2) is 6.05. The van der Waals surface area contributed by atoms with Crippen LogP contribution in [-0.2, 0) is 17.8 Å². The molecule has 0 saturated carbocycles. The Morgan fingerprint density at radius 1 is 1.26 bits per heavy atom. The van der Waals surface area contributed by atoms with E-state index < -0.39 is 5.97 Å². The number of rotatable bonds is 5. The molecule has 7 heteroatoms. The topological polar surface area (TPSA) is 92.2 Å². The molecule has 0 aliphatic rings. The van der Waals surface area contributed by atoms with E-state index in [1.54, 1.807) is 29.6 Å². The minimum Gasteiger partial charge on any atom is -0.481 e. The van der Waals surface area contributed by atoms with Crippen LogP contribution in [0.15, 0.2) is 29.6 Å². The van der Waals surface area contributed by atoms with Gasteiger partial charge in [0.15, 0.2) is 5.69 Å². The number of carbonyl (C=O) groups excluding carboxylic acids is 1. The number of amides is 1. The molecule has 1 amide bonds. The molecule has 0 aliphatic carbocycles. The van der Waals surface area contributed by atoms with Crippen molar-refractivity contribution in [2.24, 2.45) is 0 Å². The largest absolute Gasteiger partial charge is 0.481 e. The van der Waals surface area contributed by atoms with Crippen LogP contribution in [0, 0.1) is 0 Å². The van der Waals surface area contributed by atoms with E-state index in [9.17, 15) is 9.59 Å². The Morgan fingerprint density at radius 2 is 2.00 bits per heavy atom. The summed E-state index contributed by atoms with van der Waals surface area (Å²) >= 11 is 1.10. The molecule has 0 fully saturated rings. The lowest BCUT2D eigenvalue weighted by atomic mass is 10.0. The predicted octanol–water partition coefficient (Wildman–Crippen LogP) is 1.10. The van der Waals surface area contributed by atoms with E-state index in [0.29, 0.717) is 5.56 Å². The monoisotopic (exact) mass is 277 g/mol. The lowest BCUT2D eigenvalue weighted by molar-refractivity contribution is -0.136. The van der Waals surface area contributed by atoms with Gasteiger partial charge in [-0.1, -0.05) is 28.8 Å². The molecule has 0 unspecified atom stereocenters. The van der Waals surface area contributed by atoms with Gasteiger partial charge >= 0.3 is 5.97 Å². The summed E-state index contributed by atoms with van der Waals surface area (Å²) in [5.74, 6) is -1.22. The number of aliphatic carboxylic acids is 1. The van der Waals surface area contributed by atoms with Crippen LogP contribution in [0.2, 0.25) is 0 Å². The average molecular weight is 277 g/mol. The van der Waals surface area contributed by atoms with Crippen LogP contribution in [-0.4, -0.2) is 26.6 Å². The summed E-state index contributed by atoms with van der Waals surface area (Å²) in [6, 6.07) is 7.10. The Labute approximate surface area is 113 Å². The van der Waals surface area contributed by atoms with Gasteiger partial charge in [0, 0.05) is 11.9 Å². The number of aromatic nitrogens is 2. The third kappa shape index (κ3) is 3.59. The SMILES string of the molecule is O=C(O)Cc1ccccc1CNC(=O)c1csnn1. The Hall–Kier alpha value is -2.28. The summed E-state index contributed by atoms with van der Waals surface area (Å²) in [5.41, 5.74) is 1.73. The molecule has 0 bridgehead atoms. The first-order valence-electron chi connectivity index (χ1n) is 5.50. The molecule has 1 aromatic heterocycles. The van der Waals surface area contributed by atoms with E-state index >= 15 is 0 Å². The second-order valence-electron chi connectivity index (χ2n) is 3.81. The van der Waals surface area contributed by atoms with Gasteiger partial charge in [-0.2, -0.15) is 0 Å². The zero-order valence-corrected chi connectivity index (χ0v) is 10.7. The van der Waals surface area contributed by atoms with Crippen LogP contribution in [0.1, 0.15) is 21.6 Å². The van der Waals surface area contributed by atoms with Gasteiger partial charge in [0.2, 0.25) is 0 Å². The first-order chi connectivity index (χ1) is 9.16. The van der Waals surface area contributed by atoms with E-state index in [1.165, 1.54) is 0 Å². The van der Waals surface area contributed by atoms with E-state index in [2.05, 4.69) is 14.9 Å². The molecule has 1 aromatic carbocycles. The van der Waals surface area contributed by atoms with Crippen LogP contribution in [0.5, 0.6) is 0 Å². The highest BCUT2D eigenvalue weighted by molar-refractivity contribution is 7.03. The highest BCUT2D eigenvalue weighted by atomic mass is 32.1. The van der Waals surface area contributed by atoms with E-state index in [1.807, 2.05) is 0 Å². The van der Waals surface area contributed by atoms with Crippen molar-refractivity contribution in [3.63, 3.8) is 0 Å². The number of hydrogen-bond acceptors (Lipinski definition) is 5. The van der Waals surface area contributed by atoms with Crippen LogP contribution >= 0.6 is 11.5 Å². The Balaban J connectivity index is 2.03. The maximum Gasteiger partial charge on any atom is 0.307 e. The van der Waals surface area contributed by atoms with Crippen molar-refractivity contribution < 1.29 is 14.7 Å². The first kappa shape index (κ1) is 13.2. The lowest BCUT2D eigenvalue weighted by Gasteiger charge is -2.08. The molecular formula is C12H11N3O3S. The van der Waals surface area contributed by atoms with Crippen molar-refractivity contribution in [2.45, 2.75) is 13.0 Å². The zero-order valence-electron chi connectivity index (χ0n) is 9.87. The van der Waals surface area contributed by atoms with Crippen molar-refractivity contribution in [2.75, 3.05) is 0 Å². The summed E-state index contributed by atoms with van der Waals surface area (Å²) in [6.45, 7) is 0.264. The molecule has 2 N–H and O–H groups in total. The molecule has 0 aliphatic heterocycles. The molecule has 98 valence electrons. The third-order valence-corrected chi connectivity index (χ3v) is 3.00. The Bertz CT molecular complexity index is 584. The number of nitrogens with zero attached hydrogens (tertiary/aromatic N) is 2. The first-order valence-corrected chi connectivity index (χ1v) is 6.34. The van der Waals surface area contributed by atoms with Gasteiger partial charge in [0.1, 0.15) is 0 Å². The van der Waals surface area contributed by atoms with Crippen LogP contribution in [0.4, 0.5) is 0 Å². The summed E-state index contributed by atoms with van der Waals surface area (Å²) < 4.78 is 3.61. The smallest absolute Gasteiger partial charge is 0.307 e. The quantitative estimate of drug-likeness (QED) is 0.853. The van der Waals surface area contributed by atoms with E-state index in [4.69, 9.17) is 5.11 Å². The summed E-state index contributed by atoms with van der Waals surface area (Å²) in [6.07, 6.45) is -0.0652. The number of benzene rings is 1. The highest BCUT2D eigenvalue weighted by Gasteiger charge is 2.10. The van der Waals surface area contributed by atoms with Crippen LogP contribution < -0.4 is 5.32 Å². The summed E-state index contributed by atoms with van der Waals surface area (Å²) in [5, 5.41) is 16.7. The van der Waals surface area contributed by atoms with Crippen molar-refractivity contribution in [1.82, 2.24) is 14.9 Å².